The molecule has 3 aliphatic heterocycles. The summed E-state index contributed by atoms with van der Waals surface area (Å²) in [4.78, 5) is 39.4. The van der Waals surface area contributed by atoms with Crippen molar-refractivity contribution in [3.8, 4) is 0 Å². The number of carbonyl (C=O) groups excluding carboxylic acids is 2. The lowest BCUT2D eigenvalue weighted by Crippen LogP contribution is -2.64. The van der Waals surface area contributed by atoms with Gasteiger partial charge in [0.25, 0.3) is 6.02 Å². The fourth-order valence-corrected chi connectivity index (χ4v) is 6.99. The molecule has 1 unspecified atom stereocenters. The fraction of sp³-hybridized carbons (Fsp3) is 0.583. The molecule has 0 aliphatic carbocycles. The average molecular weight is 651 g/mol. The Hall–Kier alpha value is -3.14. The van der Waals surface area contributed by atoms with Crippen LogP contribution < -0.4 is 10.6 Å². The molecule has 250 valence electrons. The van der Waals surface area contributed by atoms with E-state index in [1.807, 2.05) is 54.3 Å². The van der Waals surface area contributed by atoms with Crippen molar-refractivity contribution in [3.63, 3.8) is 0 Å². The van der Waals surface area contributed by atoms with Gasteiger partial charge in [0.15, 0.2) is 0 Å². The SMILES string of the molecule is CC(C)NC(CCCCN1CCCCC1)C(=O)N1CCN(C2=N[C@@H](C)[C@H](c3ccccc3)O2)C[C@H]1C(=O)NCc1cccc(Cl)c1. The van der Waals surface area contributed by atoms with E-state index >= 15 is 0 Å². The maximum atomic E-state index is 14.3. The highest BCUT2D eigenvalue weighted by atomic mass is 35.5. The van der Waals surface area contributed by atoms with Gasteiger partial charge < -0.3 is 30.1 Å². The molecule has 3 heterocycles. The molecule has 46 heavy (non-hydrogen) atoms. The van der Waals surface area contributed by atoms with E-state index in [9.17, 15) is 9.59 Å². The molecule has 2 aromatic carbocycles. The molecule has 2 N–H and O–H groups in total. The lowest BCUT2D eigenvalue weighted by Gasteiger charge is -2.42. The Labute approximate surface area is 279 Å². The first-order valence-electron chi connectivity index (χ1n) is 17.1. The molecule has 2 amide bonds. The summed E-state index contributed by atoms with van der Waals surface area (Å²) in [5.41, 5.74) is 1.98. The first kappa shape index (κ1) is 34.2. The number of halogens is 1. The summed E-state index contributed by atoms with van der Waals surface area (Å²) in [6, 6.07) is 17.1. The van der Waals surface area contributed by atoms with E-state index in [1.54, 1.807) is 4.90 Å². The van der Waals surface area contributed by atoms with Crippen molar-refractivity contribution < 1.29 is 14.3 Å². The number of carbonyl (C=O) groups is 2. The summed E-state index contributed by atoms with van der Waals surface area (Å²) in [6.07, 6.45) is 6.49. The lowest BCUT2D eigenvalue weighted by molar-refractivity contribution is -0.145. The molecule has 2 fully saturated rings. The number of nitrogens with zero attached hydrogens (tertiary/aromatic N) is 4. The first-order chi connectivity index (χ1) is 22.3. The number of aliphatic imine (C=N–C) groups is 1. The number of amides is 2. The number of benzene rings is 2. The van der Waals surface area contributed by atoms with Gasteiger partial charge in [0.1, 0.15) is 12.1 Å². The second kappa shape index (κ2) is 16.6. The number of rotatable bonds is 12. The monoisotopic (exact) mass is 650 g/mol. The molecule has 2 aromatic rings. The summed E-state index contributed by atoms with van der Waals surface area (Å²) in [5, 5.41) is 7.22. The van der Waals surface area contributed by atoms with Crippen LogP contribution in [0.3, 0.4) is 0 Å². The zero-order valence-electron chi connectivity index (χ0n) is 27.7. The van der Waals surface area contributed by atoms with Gasteiger partial charge >= 0.3 is 0 Å². The Bertz CT molecular complexity index is 1320. The Balaban J connectivity index is 1.28. The molecular weight excluding hydrogens is 600 g/mol. The Kier molecular flexibility index (Phi) is 12.4. The molecule has 0 saturated carbocycles. The van der Waals surface area contributed by atoms with Crippen LogP contribution in [0.15, 0.2) is 59.6 Å². The van der Waals surface area contributed by atoms with E-state index in [2.05, 4.69) is 41.5 Å². The smallest absolute Gasteiger partial charge is 0.288 e. The number of piperidine rings is 1. The molecule has 0 aromatic heterocycles. The van der Waals surface area contributed by atoms with Gasteiger partial charge in [-0.05, 0) is 75.5 Å². The minimum absolute atomic E-state index is 0.0148. The fourth-order valence-electron chi connectivity index (χ4n) is 6.78. The van der Waals surface area contributed by atoms with E-state index in [-0.39, 0.29) is 36.0 Å². The topological polar surface area (TPSA) is 89.5 Å². The molecule has 4 atom stereocenters. The van der Waals surface area contributed by atoms with Crippen LogP contribution >= 0.6 is 11.6 Å². The van der Waals surface area contributed by atoms with E-state index in [0.29, 0.717) is 37.2 Å². The van der Waals surface area contributed by atoms with E-state index in [0.717, 1.165) is 36.9 Å². The standard InChI is InChI=1S/C36H51ClN6O3/c1-26(2)39-31(17-8-11-20-41-18-9-5-10-19-41)35(45)43-22-21-42(36-40-27(3)33(46-36)29-14-6-4-7-15-29)25-32(43)34(44)38-24-28-13-12-16-30(37)23-28/h4,6-7,12-16,23,26-27,31-33,39H,5,8-11,17-22,24-25H2,1-3H3,(H,38,44)/t27-,31?,32-,33+/m0/s1. The third-order valence-electron chi connectivity index (χ3n) is 9.20. The largest absolute Gasteiger partial charge is 0.455 e. The van der Waals surface area contributed by atoms with E-state index < -0.39 is 6.04 Å². The number of hydrogen-bond donors (Lipinski definition) is 2. The molecule has 0 radical (unpaired) electrons. The van der Waals surface area contributed by atoms with Gasteiger partial charge in [-0.25, -0.2) is 4.99 Å². The zero-order chi connectivity index (χ0) is 32.5. The summed E-state index contributed by atoms with van der Waals surface area (Å²) >= 11 is 6.20. The minimum atomic E-state index is -0.692. The maximum absolute atomic E-state index is 14.3. The molecular formula is C36H51ClN6O3. The normalized spacial score (nSPS) is 22.8. The predicted molar refractivity (Wildman–Crippen MR) is 184 cm³/mol. The third-order valence-corrected chi connectivity index (χ3v) is 9.44. The molecule has 0 bridgehead atoms. The lowest BCUT2D eigenvalue weighted by atomic mass is 10.0. The van der Waals surface area contributed by atoms with Gasteiger partial charge in [-0.3, -0.25) is 9.59 Å². The van der Waals surface area contributed by atoms with Crippen molar-refractivity contribution in [2.45, 2.75) is 96.1 Å². The van der Waals surface area contributed by atoms with Crippen LogP contribution in [0.4, 0.5) is 0 Å². The second-order valence-corrected chi connectivity index (χ2v) is 13.7. The van der Waals surface area contributed by atoms with Gasteiger partial charge in [0.2, 0.25) is 11.8 Å². The number of hydrogen-bond acceptors (Lipinski definition) is 7. The number of unbranched alkanes of at least 4 members (excludes halogenated alkanes) is 1. The zero-order valence-corrected chi connectivity index (χ0v) is 28.4. The van der Waals surface area contributed by atoms with Crippen LogP contribution in [0.1, 0.15) is 76.5 Å². The van der Waals surface area contributed by atoms with Crippen molar-refractivity contribution in [3.05, 3.63) is 70.7 Å². The molecule has 0 spiro atoms. The number of nitrogens with one attached hydrogen (secondary N) is 2. The van der Waals surface area contributed by atoms with Crippen LogP contribution in [0.5, 0.6) is 0 Å². The Morgan fingerprint density at radius 2 is 1.78 bits per heavy atom. The van der Waals surface area contributed by atoms with Gasteiger partial charge in [0, 0.05) is 30.7 Å². The number of ether oxygens (including phenoxy) is 1. The van der Waals surface area contributed by atoms with Crippen LogP contribution in [0.2, 0.25) is 5.02 Å². The van der Waals surface area contributed by atoms with Crippen molar-refractivity contribution in [1.82, 2.24) is 25.3 Å². The Morgan fingerprint density at radius 3 is 2.52 bits per heavy atom. The average Bonchev–Trinajstić information content (AvgIpc) is 3.46. The third kappa shape index (κ3) is 9.23. The number of amidine groups is 1. The Morgan fingerprint density at radius 1 is 1.00 bits per heavy atom. The predicted octanol–water partition coefficient (Wildman–Crippen LogP) is 5.01. The highest BCUT2D eigenvalue weighted by Gasteiger charge is 2.41. The van der Waals surface area contributed by atoms with Gasteiger partial charge in [-0.15, -0.1) is 0 Å². The van der Waals surface area contributed by atoms with Crippen molar-refractivity contribution in [2.75, 3.05) is 39.3 Å². The highest BCUT2D eigenvalue weighted by Crippen LogP contribution is 2.30. The molecule has 3 aliphatic rings. The summed E-state index contributed by atoms with van der Waals surface area (Å²) in [7, 11) is 0. The van der Waals surface area contributed by atoms with Crippen molar-refractivity contribution in [1.29, 1.82) is 0 Å². The van der Waals surface area contributed by atoms with Gasteiger partial charge in [-0.2, -0.15) is 0 Å². The van der Waals surface area contributed by atoms with Crippen molar-refractivity contribution >= 4 is 29.4 Å². The van der Waals surface area contributed by atoms with Crippen LogP contribution in [-0.4, -0.2) is 96.0 Å². The van der Waals surface area contributed by atoms with E-state index in [1.165, 1.54) is 32.4 Å². The maximum Gasteiger partial charge on any atom is 0.288 e. The van der Waals surface area contributed by atoms with Gasteiger partial charge in [-0.1, -0.05) is 80.8 Å². The molecule has 2 saturated heterocycles. The summed E-state index contributed by atoms with van der Waals surface area (Å²) in [5.74, 6) is -0.211. The van der Waals surface area contributed by atoms with E-state index in [4.69, 9.17) is 21.3 Å². The molecule has 10 heteroatoms. The molecule has 9 nitrogen and oxygen atoms in total. The van der Waals surface area contributed by atoms with Crippen LogP contribution in [-0.2, 0) is 20.9 Å². The van der Waals surface area contributed by atoms with Crippen LogP contribution in [0, 0.1) is 0 Å². The number of piperazine rings is 1. The number of likely N-dealkylation sites (tertiary alicyclic amines) is 1. The summed E-state index contributed by atoms with van der Waals surface area (Å²) < 4.78 is 6.39. The van der Waals surface area contributed by atoms with Crippen LogP contribution in [0.25, 0.3) is 0 Å². The van der Waals surface area contributed by atoms with Gasteiger partial charge in [0.05, 0.1) is 18.6 Å². The molecule has 5 rings (SSSR count). The second-order valence-electron chi connectivity index (χ2n) is 13.2. The quantitative estimate of drug-likeness (QED) is 0.314. The minimum Gasteiger partial charge on any atom is -0.455 e. The highest BCUT2D eigenvalue weighted by molar-refractivity contribution is 6.30. The van der Waals surface area contributed by atoms with Crippen molar-refractivity contribution in [2.24, 2.45) is 4.99 Å². The first-order valence-corrected chi connectivity index (χ1v) is 17.5. The summed E-state index contributed by atoms with van der Waals surface area (Å²) in [6.45, 7) is 11.2.